The van der Waals surface area contributed by atoms with Crippen molar-refractivity contribution in [3.05, 3.63) is 0 Å². The first-order valence-corrected chi connectivity index (χ1v) is 15.9. The van der Waals surface area contributed by atoms with Gasteiger partial charge in [-0.05, 0) is 37.1 Å². The van der Waals surface area contributed by atoms with Gasteiger partial charge in [-0.3, -0.25) is 19.2 Å². The van der Waals surface area contributed by atoms with E-state index in [-0.39, 0.29) is 23.9 Å². The maximum atomic E-state index is 13.2. The molecule has 8 nitrogen and oxygen atoms in total. The number of carbonyl (C=O) groups excluding carboxylic acids is 4. The third-order valence-corrected chi connectivity index (χ3v) is 8.39. The molecule has 202 valence electrons. The van der Waals surface area contributed by atoms with Crippen molar-refractivity contribution < 1.29 is 32.3 Å². The van der Waals surface area contributed by atoms with Gasteiger partial charge in [0.25, 0.3) is 0 Å². The van der Waals surface area contributed by atoms with Crippen molar-refractivity contribution in [3.63, 3.8) is 0 Å². The topological polar surface area (TPSA) is 128 Å². The van der Waals surface area contributed by atoms with Crippen molar-refractivity contribution in [1.29, 1.82) is 5.26 Å². The number of Topliss-reactive ketones (excluding diaryl/α,β-unsaturated/α-hetero) is 1. The second-order valence-electron chi connectivity index (χ2n) is 12.5. The fraction of sp³-hybridized carbons (Fsp3) is 0.792. The molecule has 1 heterocycles. The molecule has 4 atom stereocenters. The molecule has 0 radical (unpaired) electrons. The van der Waals surface area contributed by atoms with E-state index in [1.165, 1.54) is 0 Å². The van der Waals surface area contributed by atoms with Crippen molar-refractivity contribution in [2.75, 3.05) is 0 Å². The molecule has 12 heteroatoms. The van der Waals surface area contributed by atoms with Gasteiger partial charge in [0, 0.05) is 26.0 Å². The minimum Gasteiger partial charge on any atom is -0.350 e. The van der Waals surface area contributed by atoms with Crippen molar-refractivity contribution >= 4 is 31.6 Å². The quantitative estimate of drug-likeness (QED) is 0.374. The van der Waals surface area contributed by atoms with Crippen LogP contribution < -0.4 is 16.0 Å². The van der Waals surface area contributed by atoms with Gasteiger partial charge in [-0.2, -0.15) is 18.4 Å². The van der Waals surface area contributed by atoms with Gasteiger partial charge in [0.15, 0.2) is 0 Å². The number of alkyl halides is 3. The Morgan fingerprint density at radius 3 is 2.14 bits per heavy atom. The Morgan fingerprint density at radius 2 is 1.72 bits per heavy atom. The molecule has 1 saturated heterocycles. The molecule has 36 heavy (non-hydrogen) atoms. The van der Waals surface area contributed by atoms with E-state index in [2.05, 4.69) is 16.0 Å². The summed E-state index contributed by atoms with van der Waals surface area (Å²) in [6.45, 7) is 10.6. The average molecular weight is 531 g/mol. The summed E-state index contributed by atoms with van der Waals surface area (Å²) in [5, 5.41) is 17.7. The van der Waals surface area contributed by atoms with Gasteiger partial charge in [-0.1, -0.05) is 40.4 Å². The highest BCUT2D eigenvalue weighted by molar-refractivity contribution is 6.76. The summed E-state index contributed by atoms with van der Waals surface area (Å²) in [4.78, 5) is 50.2. The molecule has 2 aliphatic rings. The highest BCUT2D eigenvalue weighted by Gasteiger charge is 2.52. The van der Waals surface area contributed by atoms with Crippen LogP contribution in [0.1, 0.15) is 52.9 Å². The smallest absolute Gasteiger partial charge is 0.350 e. The Labute approximate surface area is 211 Å². The predicted molar refractivity (Wildman–Crippen MR) is 129 cm³/mol. The van der Waals surface area contributed by atoms with Gasteiger partial charge in [-0.25, -0.2) is 0 Å². The molecular formula is C24H37F3N4O4Si. The Kier molecular flexibility index (Phi) is 8.71. The molecule has 1 saturated carbocycles. The first-order chi connectivity index (χ1) is 16.3. The maximum Gasteiger partial charge on any atom is 0.449 e. The Morgan fingerprint density at radius 1 is 1.14 bits per heavy atom. The summed E-state index contributed by atoms with van der Waals surface area (Å²) in [5.74, 6) is -5.31. The highest BCUT2D eigenvalue weighted by Crippen LogP contribution is 2.46. The van der Waals surface area contributed by atoms with E-state index in [1.54, 1.807) is 20.8 Å². The number of amides is 3. The zero-order valence-electron chi connectivity index (χ0n) is 21.8. The van der Waals surface area contributed by atoms with Crippen molar-refractivity contribution in [2.45, 2.75) is 102 Å². The molecule has 0 bridgehead atoms. The molecular weight excluding hydrogens is 493 g/mol. The van der Waals surface area contributed by atoms with Crippen LogP contribution in [0.15, 0.2) is 0 Å². The zero-order chi connectivity index (χ0) is 27.7. The summed E-state index contributed by atoms with van der Waals surface area (Å²) >= 11 is 0. The molecule has 2 fully saturated rings. The SMILES string of the molecule is CC(C)(C)[C@H](CC(=O)C(F)(F)F)C(=O)N[C@@H](C[Si](C)(C)C)C(=O)N[C@H](C#N)C[C@@H]1CC2(CC2)NC1=O. The predicted octanol–water partition coefficient (Wildman–Crippen LogP) is 3.06. The van der Waals surface area contributed by atoms with Crippen LogP contribution >= 0.6 is 0 Å². The fourth-order valence-corrected chi connectivity index (χ4v) is 6.05. The van der Waals surface area contributed by atoms with Crippen LogP contribution in [0.2, 0.25) is 25.7 Å². The standard InChI is InChI=1S/C24H37F3N4O4Si/c1-22(2,3)16(10-18(32)24(25,26)27)20(34)30-17(13-36(4,5)6)21(35)29-15(12-28)9-14-11-23(7-8-23)31-19(14)33/h14-17H,7-11,13H2,1-6H3,(H,29,35)(H,30,34)(H,31,33)/t14-,15+,16-,17+/m1/s1. The number of nitrogens with zero attached hydrogens (tertiary/aromatic N) is 1. The Balaban J connectivity index is 2.14. The first-order valence-electron chi connectivity index (χ1n) is 12.2. The average Bonchev–Trinajstić information content (AvgIpc) is 3.37. The second-order valence-corrected chi connectivity index (χ2v) is 18.0. The van der Waals surface area contributed by atoms with E-state index in [0.717, 1.165) is 12.8 Å². The molecule has 0 aromatic heterocycles. The Bertz CT molecular complexity index is 930. The van der Waals surface area contributed by atoms with Gasteiger partial charge in [0.05, 0.1) is 12.0 Å². The summed E-state index contributed by atoms with van der Waals surface area (Å²) in [6, 6.07) is 0.234. The summed E-state index contributed by atoms with van der Waals surface area (Å²) in [7, 11) is -1.98. The van der Waals surface area contributed by atoms with E-state index in [1.807, 2.05) is 25.7 Å². The Hall–Kier alpha value is -2.42. The van der Waals surface area contributed by atoms with Crippen LogP contribution in [-0.4, -0.2) is 55.4 Å². The lowest BCUT2D eigenvalue weighted by atomic mass is 9.77. The van der Waals surface area contributed by atoms with Crippen molar-refractivity contribution in [3.8, 4) is 6.07 Å². The molecule has 0 aromatic carbocycles. The van der Waals surface area contributed by atoms with Crippen LogP contribution in [0.5, 0.6) is 0 Å². The fourth-order valence-electron chi connectivity index (χ4n) is 4.54. The van der Waals surface area contributed by atoms with E-state index >= 15 is 0 Å². The molecule has 1 aliphatic heterocycles. The van der Waals surface area contributed by atoms with Gasteiger partial charge in [0.1, 0.15) is 12.1 Å². The van der Waals surface area contributed by atoms with Crippen LogP contribution in [0.3, 0.4) is 0 Å². The van der Waals surface area contributed by atoms with E-state index in [0.29, 0.717) is 6.42 Å². The summed E-state index contributed by atoms with van der Waals surface area (Å²) in [5.41, 5.74) is -1.15. The van der Waals surface area contributed by atoms with Crippen molar-refractivity contribution in [2.24, 2.45) is 17.3 Å². The van der Waals surface area contributed by atoms with E-state index < -0.39 is 67.6 Å². The minimum absolute atomic E-state index is 0.133. The number of rotatable bonds is 10. The molecule has 0 aromatic rings. The van der Waals surface area contributed by atoms with Crippen LogP contribution in [0.4, 0.5) is 13.2 Å². The number of nitrogens with one attached hydrogen (secondary N) is 3. The van der Waals surface area contributed by atoms with Gasteiger partial charge in [-0.15, -0.1) is 0 Å². The van der Waals surface area contributed by atoms with E-state index in [4.69, 9.17) is 0 Å². The third kappa shape index (κ3) is 8.32. The number of hydrogen-bond donors (Lipinski definition) is 3. The molecule has 3 N–H and O–H groups in total. The monoisotopic (exact) mass is 530 g/mol. The molecule has 1 spiro atoms. The summed E-state index contributed by atoms with van der Waals surface area (Å²) in [6.07, 6.45) is -3.56. The van der Waals surface area contributed by atoms with Crippen LogP contribution in [0.25, 0.3) is 0 Å². The number of ketones is 1. The van der Waals surface area contributed by atoms with E-state index in [9.17, 15) is 37.6 Å². The lowest BCUT2D eigenvalue weighted by Gasteiger charge is -2.32. The first kappa shape index (κ1) is 29.8. The number of halogens is 3. The lowest BCUT2D eigenvalue weighted by Crippen LogP contribution is -2.54. The molecule has 1 aliphatic carbocycles. The third-order valence-electron chi connectivity index (χ3n) is 6.76. The zero-order valence-corrected chi connectivity index (χ0v) is 22.8. The number of hydrogen-bond acceptors (Lipinski definition) is 5. The normalized spacial score (nSPS) is 21.7. The summed E-state index contributed by atoms with van der Waals surface area (Å²) < 4.78 is 38.7. The molecule has 3 amide bonds. The molecule has 0 unspecified atom stereocenters. The minimum atomic E-state index is -5.07. The van der Waals surface area contributed by atoms with Gasteiger partial charge < -0.3 is 16.0 Å². The number of carbonyl (C=O) groups is 4. The maximum absolute atomic E-state index is 13.2. The van der Waals surface area contributed by atoms with Crippen LogP contribution in [0, 0.1) is 28.6 Å². The molecule has 2 rings (SSSR count). The van der Waals surface area contributed by atoms with Crippen LogP contribution in [-0.2, 0) is 19.2 Å². The number of nitriles is 1. The van der Waals surface area contributed by atoms with Gasteiger partial charge in [0.2, 0.25) is 23.5 Å². The second kappa shape index (κ2) is 10.5. The van der Waals surface area contributed by atoms with Gasteiger partial charge >= 0.3 is 6.18 Å². The van der Waals surface area contributed by atoms with Crippen molar-refractivity contribution in [1.82, 2.24) is 16.0 Å². The highest BCUT2D eigenvalue weighted by atomic mass is 28.3. The lowest BCUT2D eigenvalue weighted by molar-refractivity contribution is -0.173. The largest absolute Gasteiger partial charge is 0.449 e.